The number of nitrogens with zero attached hydrogens (tertiary/aromatic N) is 2. The number of para-hydroxylation sites is 3. The van der Waals surface area contributed by atoms with E-state index < -0.39 is 0 Å². The molecule has 4 aromatic heterocycles. The lowest BCUT2D eigenvalue weighted by atomic mass is 9.43. The van der Waals surface area contributed by atoms with Crippen LogP contribution in [-0.4, -0.2) is 11.4 Å². The fourth-order valence-corrected chi connectivity index (χ4v) is 13.0. The molecule has 67 heavy (non-hydrogen) atoms. The summed E-state index contributed by atoms with van der Waals surface area (Å²) in [6, 6.07) is 58.1. The number of furan rings is 3. The van der Waals surface area contributed by atoms with E-state index in [-0.39, 0.29) is 17.7 Å². The third-order valence-electron chi connectivity index (χ3n) is 15.9. The van der Waals surface area contributed by atoms with Gasteiger partial charge in [0.25, 0.3) is 0 Å². The molecule has 16 rings (SSSR count). The second kappa shape index (κ2) is 11.9. The summed E-state index contributed by atoms with van der Waals surface area (Å²) in [5, 5.41) is 9.12. The van der Waals surface area contributed by atoms with E-state index >= 15 is 0 Å². The molecule has 316 valence electrons. The van der Waals surface area contributed by atoms with Crippen molar-refractivity contribution in [3.63, 3.8) is 0 Å². The van der Waals surface area contributed by atoms with Crippen LogP contribution in [-0.2, 0) is 10.8 Å². The molecule has 2 aliphatic heterocycles. The van der Waals surface area contributed by atoms with E-state index in [1.54, 1.807) is 0 Å². The van der Waals surface area contributed by atoms with E-state index in [1.165, 1.54) is 60.8 Å². The van der Waals surface area contributed by atoms with Gasteiger partial charge >= 0.3 is 6.85 Å². The van der Waals surface area contributed by atoms with Gasteiger partial charge in [-0.1, -0.05) is 126 Å². The van der Waals surface area contributed by atoms with Crippen molar-refractivity contribution in [2.75, 3.05) is 4.81 Å². The maximum Gasteiger partial charge on any atom is 0.333 e. The first-order valence-corrected chi connectivity index (χ1v) is 23.5. The fourth-order valence-electron chi connectivity index (χ4n) is 13.0. The Morgan fingerprint density at radius 3 is 1.85 bits per heavy atom. The second-order valence-electron chi connectivity index (χ2n) is 20.7. The number of aromatic nitrogens is 1. The van der Waals surface area contributed by atoms with Crippen LogP contribution < -0.4 is 15.7 Å². The molecular formula is C61H41BN2O3. The third kappa shape index (κ3) is 4.34. The van der Waals surface area contributed by atoms with Crippen LogP contribution >= 0.6 is 0 Å². The minimum atomic E-state index is -0.350. The Morgan fingerprint density at radius 1 is 0.507 bits per heavy atom. The predicted molar refractivity (Wildman–Crippen MR) is 278 cm³/mol. The van der Waals surface area contributed by atoms with E-state index in [4.69, 9.17) is 13.3 Å². The number of anilines is 2. The van der Waals surface area contributed by atoms with E-state index in [0.717, 1.165) is 93.8 Å². The molecule has 0 N–H and O–H groups in total. The van der Waals surface area contributed by atoms with Crippen LogP contribution in [0.25, 0.3) is 116 Å². The Kier molecular flexibility index (Phi) is 6.44. The molecule has 0 spiro atoms. The molecule has 0 amide bonds. The lowest BCUT2D eigenvalue weighted by molar-refractivity contribution is 0.590. The third-order valence-corrected chi connectivity index (χ3v) is 15.9. The maximum atomic E-state index is 7.11. The van der Waals surface area contributed by atoms with Crippen molar-refractivity contribution >= 4 is 117 Å². The van der Waals surface area contributed by atoms with Gasteiger partial charge in [0.1, 0.15) is 33.5 Å². The van der Waals surface area contributed by atoms with Gasteiger partial charge < -0.3 is 22.6 Å². The van der Waals surface area contributed by atoms with Crippen molar-refractivity contribution in [3.05, 3.63) is 174 Å². The molecule has 0 fully saturated rings. The van der Waals surface area contributed by atoms with Gasteiger partial charge in [-0.25, -0.2) is 0 Å². The normalized spacial score (nSPS) is 14.7. The monoisotopic (exact) mass is 860 g/mol. The first-order chi connectivity index (χ1) is 32.6. The molecule has 0 bridgehead atoms. The highest BCUT2D eigenvalue weighted by Gasteiger charge is 2.50. The van der Waals surface area contributed by atoms with Gasteiger partial charge in [-0.3, -0.25) is 0 Å². The standard InChI is InChI=1S/C61H41BN2O3/c1-60(2,3)32-22-24-33(25-23-32)64-45-31-51-39(35-15-8-11-19-47(35)66-51)28-41(45)53-56-52(38-17-6-10-18-42(38)61(56,4)5)55-54-44(27-26-37-34-14-7-13-21-49(34)67-59(37)54)63-46-29-40-36-16-9-12-20-48(36)65-50(40)30-43(46)62(64)57(53)58(55)63/h6-31H,1-5H3. The van der Waals surface area contributed by atoms with Crippen LogP contribution in [0, 0.1) is 0 Å². The molecule has 9 aromatic carbocycles. The second-order valence-corrected chi connectivity index (χ2v) is 20.7. The first kappa shape index (κ1) is 36.3. The zero-order valence-electron chi connectivity index (χ0n) is 37.7. The highest BCUT2D eigenvalue weighted by atomic mass is 16.3. The van der Waals surface area contributed by atoms with Gasteiger partial charge in [0.15, 0.2) is 0 Å². The average Bonchev–Trinajstić information content (AvgIpc) is 4.14. The molecule has 1 aliphatic carbocycles. The minimum absolute atomic E-state index is 0.00799. The van der Waals surface area contributed by atoms with Crippen molar-refractivity contribution in [1.82, 2.24) is 4.57 Å². The molecule has 0 atom stereocenters. The van der Waals surface area contributed by atoms with Crippen LogP contribution in [0.4, 0.5) is 11.4 Å². The van der Waals surface area contributed by atoms with Gasteiger partial charge in [-0.15, -0.1) is 0 Å². The van der Waals surface area contributed by atoms with E-state index in [0.29, 0.717) is 0 Å². The Labute approximate surface area is 385 Å². The lowest BCUT2D eigenvalue weighted by Crippen LogP contribution is -2.61. The van der Waals surface area contributed by atoms with Gasteiger partial charge in [-0.2, -0.15) is 0 Å². The zero-order chi connectivity index (χ0) is 44.4. The summed E-state index contributed by atoms with van der Waals surface area (Å²) in [7, 11) is 0. The van der Waals surface area contributed by atoms with Gasteiger partial charge in [0.2, 0.25) is 0 Å². The topological polar surface area (TPSA) is 47.6 Å². The summed E-state index contributed by atoms with van der Waals surface area (Å²) in [5.74, 6) is 0. The Bertz CT molecular complexity index is 4420. The van der Waals surface area contributed by atoms with Crippen molar-refractivity contribution < 1.29 is 13.3 Å². The van der Waals surface area contributed by atoms with Crippen LogP contribution in [0.2, 0.25) is 0 Å². The van der Waals surface area contributed by atoms with E-state index in [2.05, 4.69) is 202 Å². The fraction of sp³-hybridized carbons (Fsp3) is 0.115. The van der Waals surface area contributed by atoms with E-state index in [1.807, 2.05) is 0 Å². The van der Waals surface area contributed by atoms with Gasteiger partial charge in [0, 0.05) is 71.8 Å². The summed E-state index contributed by atoms with van der Waals surface area (Å²) in [6.45, 7) is 11.5. The van der Waals surface area contributed by atoms with Crippen molar-refractivity contribution in [2.45, 2.75) is 45.4 Å². The van der Waals surface area contributed by atoms with Gasteiger partial charge in [-0.05, 0) is 110 Å². The Balaban J connectivity index is 1.18. The molecule has 5 nitrogen and oxygen atoms in total. The highest BCUT2D eigenvalue weighted by molar-refractivity contribution is 6.94. The Hall–Kier alpha value is -7.96. The molecular weight excluding hydrogens is 819 g/mol. The summed E-state index contributed by atoms with van der Waals surface area (Å²) < 4.78 is 23.3. The summed E-state index contributed by atoms with van der Waals surface area (Å²) in [5.41, 5.74) is 22.4. The quantitative estimate of drug-likeness (QED) is 0.154. The van der Waals surface area contributed by atoms with Crippen LogP contribution in [0.15, 0.2) is 171 Å². The molecule has 0 unspecified atom stereocenters. The maximum absolute atomic E-state index is 7.11. The van der Waals surface area contributed by atoms with Crippen LogP contribution in [0.3, 0.4) is 0 Å². The van der Waals surface area contributed by atoms with Crippen LogP contribution in [0.5, 0.6) is 0 Å². The van der Waals surface area contributed by atoms with Gasteiger partial charge in [0.05, 0.1) is 16.4 Å². The first-order valence-electron chi connectivity index (χ1n) is 23.5. The largest absolute Gasteiger partial charge is 0.456 e. The van der Waals surface area contributed by atoms with Crippen LogP contribution in [0.1, 0.15) is 51.3 Å². The molecule has 0 saturated heterocycles. The number of benzene rings is 9. The Morgan fingerprint density at radius 2 is 1.13 bits per heavy atom. The highest BCUT2D eigenvalue weighted by Crippen LogP contribution is 2.60. The number of hydrogen-bond acceptors (Lipinski definition) is 4. The van der Waals surface area contributed by atoms with Crippen molar-refractivity contribution in [2.24, 2.45) is 0 Å². The molecule has 6 heteroatoms. The van der Waals surface area contributed by atoms with Crippen molar-refractivity contribution in [3.8, 4) is 27.9 Å². The minimum Gasteiger partial charge on any atom is -0.456 e. The molecule has 0 saturated carbocycles. The number of hydrogen-bond donors (Lipinski definition) is 0. The number of rotatable bonds is 1. The predicted octanol–water partition coefficient (Wildman–Crippen LogP) is 15.3. The summed E-state index contributed by atoms with van der Waals surface area (Å²) in [4.78, 5) is 2.61. The van der Waals surface area contributed by atoms with E-state index in [9.17, 15) is 0 Å². The summed E-state index contributed by atoms with van der Waals surface area (Å²) >= 11 is 0. The average molecular weight is 861 g/mol. The summed E-state index contributed by atoms with van der Waals surface area (Å²) in [6.07, 6.45) is 0. The molecule has 13 aromatic rings. The SMILES string of the molecule is CC(C)(C)c1ccc(N2B3c4cc5oc6ccccc6c5cc4-n4c5ccc6c7ccccc7oc6c5c5c6c(c(c3c54)-c3cc4c(cc32)oc2ccccc24)C(C)(C)c2ccccc2-6)cc1. The van der Waals surface area contributed by atoms with Crippen molar-refractivity contribution in [1.29, 1.82) is 0 Å². The zero-order valence-corrected chi connectivity index (χ0v) is 37.7. The molecule has 6 heterocycles. The number of fused-ring (bicyclic) bond motifs is 23. The molecule has 0 radical (unpaired) electrons. The smallest absolute Gasteiger partial charge is 0.333 e. The molecule has 3 aliphatic rings. The lowest BCUT2D eigenvalue weighted by Gasteiger charge is -2.43.